The molecule has 1 aliphatic rings. The van der Waals surface area contributed by atoms with Crippen molar-refractivity contribution in [2.24, 2.45) is 5.73 Å². The second-order valence-corrected chi connectivity index (χ2v) is 8.71. The zero-order chi connectivity index (χ0) is 23.7. The number of pyridine rings is 1. The van der Waals surface area contributed by atoms with Crippen LogP contribution < -0.4 is 15.8 Å². The van der Waals surface area contributed by atoms with Crippen molar-refractivity contribution in [3.8, 4) is 34.1 Å². The molecule has 4 aromatic rings. The summed E-state index contributed by atoms with van der Waals surface area (Å²) in [5.74, 6) is 0.981. The molecule has 2 unspecified atom stereocenters. The summed E-state index contributed by atoms with van der Waals surface area (Å²) in [5.41, 5.74) is 10.2. The molecule has 0 radical (unpaired) electrons. The van der Waals surface area contributed by atoms with Crippen molar-refractivity contribution in [3.05, 3.63) is 60.3 Å². The number of rotatable bonds is 5. The summed E-state index contributed by atoms with van der Waals surface area (Å²) in [6.45, 7) is 0. The summed E-state index contributed by atoms with van der Waals surface area (Å²) < 4.78 is 5.38. The Morgan fingerprint density at radius 3 is 2.88 bits per heavy atom. The Kier molecular flexibility index (Phi) is 5.90. The number of imidazole rings is 1. The van der Waals surface area contributed by atoms with Gasteiger partial charge >= 0.3 is 0 Å². The Morgan fingerprint density at radius 2 is 2.06 bits per heavy atom. The predicted molar refractivity (Wildman–Crippen MR) is 131 cm³/mol. The van der Waals surface area contributed by atoms with Crippen molar-refractivity contribution in [2.75, 3.05) is 7.11 Å². The minimum Gasteiger partial charge on any atom is -0.507 e. The van der Waals surface area contributed by atoms with E-state index in [4.69, 9.17) is 10.5 Å². The first-order valence-electron chi connectivity index (χ1n) is 11.4. The fourth-order valence-corrected chi connectivity index (χ4v) is 4.57. The van der Waals surface area contributed by atoms with Crippen molar-refractivity contribution >= 4 is 16.9 Å². The molecular weight excluding hydrogens is 430 g/mol. The molecule has 1 amide bonds. The van der Waals surface area contributed by atoms with Crippen LogP contribution in [0.5, 0.6) is 11.6 Å². The van der Waals surface area contributed by atoms with E-state index in [1.807, 2.05) is 24.3 Å². The van der Waals surface area contributed by atoms with Crippen molar-refractivity contribution in [1.82, 2.24) is 20.3 Å². The average Bonchev–Trinajstić information content (AvgIpc) is 3.27. The highest BCUT2D eigenvalue weighted by atomic mass is 16.5. The van der Waals surface area contributed by atoms with E-state index in [1.165, 1.54) is 0 Å². The van der Waals surface area contributed by atoms with E-state index in [0.717, 1.165) is 36.8 Å². The summed E-state index contributed by atoms with van der Waals surface area (Å²) >= 11 is 0. The lowest BCUT2D eigenvalue weighted by Crippen LogP contribution is -2.42. The number of nitrogens with zero attached hydrogens (tertiary/aromatic N) is 2. The number of phenolic OH excluding ortho intramolecular Hbond substituents is 1. The number of carbonyl (C=O) groups excluding carboxylic acids is 1. The SMILES string of the molecule is COc1ncccc1-c1ccc(O)c(-c2nc3ccc(C(=O)NC4CCCC(N)C4)cc3[nH]2)c1. The topological polar surface area (TPSA) is 126 Å². The second kappa shape index (κ2) is 9.15. The highest BCUT2D eigenvalue weighted by molar-refractivity contribution is 5.98. The van der Waals surface area contributed by atoms with E-state index in [1.54, 1.807) is 37.6 Å². The van der Waals surface area contributed by atoms with Gasteiger partial charge in [-0.25, -0.2) is 9.97 Å². The van der Waals surface area contributed by atoms with Gasteiger partial charge in [0, 0.05) is 29.4 Å². The molecule has 0 aliphatic heterocycles. The number of fused-ring (bicyclic) bond motifs is 1. The van der Waals surface area contributed by atoms with Gasteiger partial charge in [0.05, 0.1) is 23.7 Å². The van der Waals surface area contributed by atoms with Crippen molar-refractivity contribution < 1.29 is 14.6 Å². The maximum atomic E-state index is 12.8. The molecule has 5 rings (SSSR count). The number of amides is 1. The van der Waals surface area contributed by atoms with Crippen LogP contribution in [0.4, 0.5) is 0 Å². The Hall–Kier alpha value is -3.91. The molecule has 1 saturated carbocycles. The van der Waals surface area contributed by atoms with E-state index in [2.05, 4.69) is 20.3 Å². The number of hydrogen-bond acceptors (Lipinski definition) is 6. The van der Waals surface area contributed by atoms with Gasteiger partial charge in [-0.3, -0.25) is 4.79 Å². The zero-order valence-electron chi connectivity index (χ0n) is 18.9. The Balaban J connectivity index is 1.44. The van der Waals surface area contributed by atoms with Gasteiger partial charge in [0.15, 0.2) is 0 Å². The van der Waals surface area contributed by atoms with Crippen molar-refractivity contribution in [3.63, 3.8) is 0 Å². The third kappa shape index (κ3) is 4.32. The number of methoxy groups -OCH3 is 1. The number of nitrogens with one attached hydrogen (secondary N) is 2. The van der Waals surface area contributed by atoms with Gasteiger partial charge in [-0.2, -0.15) is 0 Å². The van der Waals surface area contributed by atoms with Crippen LogP contribution in [0.25, 0.3) is 33.5 Å². The first-order chi connectivity index (χ1) is 16.5. The van der Waals surface area contributed by atoms with Crippen LogP contribution in [0.2, 0.25) is 0 Å². The van der Waals surface area contributed by atoms with Gasteiger partial charge in [-0.15, -0.1) is 0 Å². The van der Waals surface area contributed by atoms with E-state index >= 15 is 0 Å². The van der Waals surface area contributed by atoms with Gasteiger partial charge in [0.2, 0.25) is 5.88 Å². The molecule has 8 heteroatoms. The molecule has 0 bridgehead atoms. The molecule has 8 nitrogen and oxygen atoms in total. The molecule has 2 aromatic carbocycles. The lowest BCUT2D eigenvalue weighted by atomic mass is 9.91. The van der Waals surface area contributed by atoms with Gasteiger partial charge in [0.1, 0.15) is 11.6 Å². The first-order valence-corrected chi connectivity index (χ1v) is 11.4. The molecule has 0 saturated heterocycles. The quantitative estimate of drug-likeness (QED) is 0.359. The number of ether oxygens (including phenoxy) is 1. The summed E-state index contributed by atoms with van der Waals surface area (Å²) in [6.07, 6.45) is 5.46. The molecule has 34 heavy (non-hydrogen) atoms. The Bertz CT molecular complexity index is 1350. The molecule has 1 fully saturated rings. The predicted octanol–water partition coefficient (Wildman–Crippen LogP) is 4.01. The highest BCUT2D eigenvalue weighted by Gasteiger charge is 2.22. The van der Waals surface area contributed by atoms with Gasteiger partial charge in [-0.05, 0) is 73.7 Å². The van der Waals surface area contributed by atoms with E-state index in [-0.39, 0.29) is 23.7 Å². The largest absolute Gasteiger partial charge is 0.507 e. The number of nitrogens with two attached hydrogens (primary N) is 1. The lowest BCUT2D eigenvalue weighted by molar-refractivity contribution is 0.0925. The smallest absolute Gasteiger partial charge is 0.251 e. The third-order valence-electron chi connectivity index (χ3n) is 6.32. The molecule has 2 heterocycles. The van der Waals surface area contributed by atoms with Crippen LogP contribution in [0.3, 0.4) is 0 Å². The maximum absolute atomic E-state index is 12.8. The van der Waals surface area contributed by atoms with Gasteiger partial charge < -0.3 is 25.9 Å². The van der Waals surface area contributed by atoms with E-state index in [0.29, 0.717) is 33.9 Å². The standard InChI is InChI=1S/C26H27N5O3/c1-34-26-19(6-3-11-28-26)15-8-10-23(32)20(12-15)24-30-21-9-7-16(13-22(21)31-24)25(33)29-18-5-2-4-17(27)14-18/h3,6-13,17-18,32H,2,4-5,14,27H2,1H3,(H,29,33)(H,30,31). The zero-order valence-corrected chi connectivity index (χ0v) is 18.9. The fraction of sp³-hybridized carbons (Fsp3) is 0.269. The maximum Gasteiger partial charge on any atom is 0.251 e. The van der Waals surface area contributed by atoms with Crippen LogP contribution >= 0.6 is 0 Å². The summed E-state index contributed by atoms with van der Waals surface area (Å²) in [7, 11) is 1.57. The van der Waals surface area contributed by atoms with E-state index < -0.39 is 0 Å². The van der Waals surface area contributed by atoms with Gasteiger partial charge in [-0.1, -0.05) is 6.07 Å². The van der Waals surface area contributed by atoms with Crippen LogP contribution in [-0.2, 0) is 0 Å². The minimum atomic E-state index is -0.120. The Labute approximate surface area is 197 Å². The normalized spacial score (nSPS) is 18.1. The first kappa shape index (κ1) is 21.9. The van der Waals surface area contributed by atoms with Gasteiger partial charge in [0.25, 0.3) is 5.91 Å². The number of aromatic amines is 1. The summed E-state index contributed by atoms with van der Waals surface area (Å²) in [5, 5.41) is 13.7. The van der Waals surface area contributed by atoms with Crippen LogP contribution in [0, 0.1) is 0 Å². The average molecular weight is 458 g/mol. The molecule has 1 aliphatic carbocycles. The third-order valence-corrected chi connectivity index (χ3v) is 6.32. The Morgan fingerprint density at radius 1 is 1.18 bits per heavy atom. The monoisotopic (exact) mass is 457 g/mol. The minimum absolute atomic E-state index is 0.0947. The van der Waals surface area contributed by atoms with Crippen molar-refractivity contribution in [2.45, 2.75) is 37.8 Å². The number of hydrogen-bond donors (Lipinski definition) is 4. The molecular formula is C26H27N5O3. The van der Waals surface area contributed by atoms with Crippen LogP contribution in [0.1, 0.15) is 36.0 Å². The lowest BCUT2D eigenvalue weighted by Gasteiger charge is -2.27. The van der Waals surface area contributed by atoms with Crippen LogP contribution in [0.15, 0.2) is 54.7 Å². The number of H-pyrrole nitrogens is 1. The van der Waals surface area contributed by atoms with E-state index in [9.17, 15) is 9.90 Å². The molecule has 2 aromatic heterocycles. The number of phenols is 1. The van der Waals surface area contributed by atoms with Crippen LogP contribution in [-0.4, -0.2) is 45.2 Å². The number of aromatic nitrogens is 3. The summed E-state index contributed by atoms with van der Waals surface area (Å²) in [4.78, 5) is 24.9. The highest BCUT2D eigenvalue weighted by Crippen LogP contribution is 2.35. The molecule has 2 atom stereocenters. The molecule has 174 valence electrons. The number of aromatic hydroxyl groups is 1. The second-order valence-electron chi connectivity index (χ2n) is 8.71. The molecule has 5 N–H and O–H groups in total. The summed E-state index contributed by atoms with van der Waals surface area (Å²) in [6, 6.07) is 14.6. The number of carbonyl (C=O) groups is 1. The fourth-order valence-electron chi connectivity index (χ4n) is 4.57. The van der Waals surface area contributed by atoms with Crippen molar-refractivity contribution in [1.29, 1.82) is 0 Å². The number of benzene rings is 2. The molecule has 0 spiro atoms.